The summed E-state index contributed by atoms with van der Waals surface area (Å²) in [5.74, 6) is 0.408. The van der Waals surface area contributed by atoms with Gasteiger partial charge in [-0.15, -0.1) is 0 Å². The van der Waals surface area contributed by atoms with Gasteiger partial charge in [0.1, 0.15) is 0 Å². The van der Waals surface area contributed by atoms with Crippen molar-refractivity contribution >= 4 is 10.0 Å². The van der Waals surface area contributed by atoms with Crippen molar-refractivity contribution in [1.29, 1.82) is 0 Å². The van der Waals surface area contributed by atoms with Gasteiger partial charge < -0.3 is 5.11 Å². The zero-order valence-corrected chi connectivity index (χ0v) is 10.7. The Morgan fingerprint density at radius 1 is 1.41 bits per heavy atom. The molecule has 1 atom stereocenters. The van der Waals surface area contributed by atoms with Crippen LogP contribution in [0.15, 0.2) is 29.2 Å². The molecular weight excluding hydrogens is 238 g/mol. The molecule has 0 amide bonds. The van der Waals surface area contributed by atoms with Gasteiger partial charge in [-0.3, -0.25) is 0 Å². The van der Waals surface area contributed by atoms with E-state index in [1.54, 1.807) is 24.3 Å². The maximum Gasteiger partial charge on any atom is 0.243 e. The molecule has 1 heterocycles. The molecule has 94 valence electrons. The molecule has 0 aromatic heterocycles. The van der Waals surface area contributed by atoms with Crippen molar-refractivity contribution in [2.45, 2.75) is 24.8 Å². The largest absolute Gasteiger partial charge is 0.392 e. The first kappa shape index (κ1) is 12.5. The van der Waals surface area contributed by atoms with E-state index in [4.69, 9.17) is 0 Å². The van der Waals surface area contributed by atoms with Crippen LogP contribution in [0.3, 0.4) is 0 Å². The van der Waals surface area contributed by atoms with Gasteiger partial charge in [0.2, 0.25) is 10.0 Å². The Balaban J connectivity index is 2.38. The van der Waals surface area contributed by atoms with Gasteiger partial charge in [0, 0.05) is 13.1 Å². The molecular formula is C12H17NO3S. The number of rotatable bonds is 3. The monoisotopic (exact) mass is 255 g/mol. The van der Waals surface area contributed by atoms with Crippen LogP contribution >= 0.6 is 0 Å². The van der Waals surface area contributed by atoms with Crippen LogP contribution < -0.4 is 0 Å². The van der Waals surface area contributed by atoms with Crippen molar-refractivity contribution in [3.05, 3.63) is 29.8 Å². The smallest absolute Gasteiger partial charge is 0.243 e. The van der Waals surface area contributed by atoms with E-state index in [-0.39, 0.29) is 11.5 Å². The second-order valence-electron chi connectivity index (χ2n) is 4.52. The molecule has 2 rings (SSSR count). The Kier molecular flexibility index (Phi) is 3.51. The Labute approximate surface area is 102 Å². The minimum atomic E-state index is -3.44. The fraction of sp³-hybridized carbons (Fsp3) is 0.500. The summed E-state index contributed by atoms with van der Waals surface area (Å²) >= 11 is 0. The molecule has 0 aliphatic carbocycles. The quantitative estimate of drug-likeness (QED) is 0.883. The second kappa shape index (κ2) is 4.76. The Bertz CT molecular complexity index is 498. The lowest BCUT2D eigenvalue weighted by atomic mass is 10.2. The third-order valence-corrected chi connectivity index (χ3v) is 5.11. The summed E-state index contributed by atoms with van der Waals surface area (Å²) in [5.41, 5.74) is 0.465. The lowest BCUT2D eigenvalue weighted by molar-refractivity contribution is 0.278. The molecule has 17 heavy (non-hydrogen) atoms. The predicted molar refractivity (Wildman–Crippen MR) is 64.9 cm³/mol. The molecule has 1 aromatic carbocycles. The SMILES string of the molecule is CC1CCN(S(=O)(=O)c2ccccc2CO)C1. The highest BCUT2D eigenvalue weighted by Crippen LogP contribution is 2.25. The maximum atomic E-state index is 12.4. The van der Waals surface area contributed by atoms with Crippen molar-refractivity contribution in [3.8, 4) is 0 Å². The van der Waals surface area contributed by atoms with Crippen molar-refractivity contribution in [2.24, 2.45) is 5.92 Å². The van der Waals surface area contributed by atoms with E-state index in [9.17, 15) is 13.5 Å². The first-order chi connectivity index (χ1) is 8.05. The normalized spacial score (nSPS) is 21.9. The number of benzene rings is 1. The number of nitrogens with zero attached hydrogens (tertiary/aromatic N) is 1. The van der Waals surface area contributed by atoms with Crippen LogP contribution in [-0.2, 0) is 16.6 Å². The highest BCUT2D eigenvalue weighted by atomic mass is 32.2. The zero-order chi connectivity index (χ0) is 12.5. The number of hydrogen-bond acceptors (Lipinski definition) is 3. The molecule has 0 radical (unpaired) electrons. The predicted octanol–water partition coefficient (Wildman–Crippen LogP) is 1.21. The van der Waals surface area contributed by atoms with Crippen LogP contribution in [0.5, 0.6) is 0 Å². The van der Waals surface area contributed by atoms with Crippen molar-refractivity contribution in [2.75, 3.05) is 13.1 Å². The minimum Gasteiger partial charge on any atom is -0.392 e. The van der Waals surface area contributed by atoms with E-state index < -0.39 is 10.0 Å². The maximum absolute atomic E-state index is 12.4. The Morgan fingerprint density at radius 3 is 2.71 bits per heavy atom. The highest BCUT2D eigenvalue weighted by molar-refractivity contribution is 7.89. The van der Waals surface area contributed by atoms with E-state index in [1.807, 2.05) is 6.92 Å². The van der Waals surface area contributed by atoms with Crippen LogP contribution in [-0.4, -0.2) is 30.9 Å². The van der Waals surface area contributed by atoms with Crippen LogP contribution in [0.25, 0.3) is 0 Å². The van der Waals surface area contributed by atoms with Gasteiger partial charge in [-0.25, -0.2) is 8.42 Å². The van der Waals surface area contributed by atoms with E-state index in [1.165, 1.54) is 4.31 Å². The third-order valence-electron chi connectivity index (χ3n) is 3.15. The van der Waals surface area contributed by atoms with Gasteiger partial charge in [-0.2, -0.15) is 4.31 Å². The van der Waals surface area contributed by atoms with E-state index >= 15 is 0 Å². The third kappa shape index (κ3) is 2.36. The average Bonchev–Trinajstić information content (AvgIpc) is 2.76. The van der Waals surface area contributed by atoms with Gasteiger partial charge >= 0.3 is 0 Å². The summed E-state index contributed by atoms with van der Waals surface area (Å²) in [4.78, 5) is 0.233. The van der Waals surface area contributed by atoms with Gasteiger partial charge in [0.15, 0.2) is 0 Å². The number of aliphatic hydroxyl groups is 1. The summed E-state index contributed by atoms with van der Waals surface area (Å²) in [6, 6.07) is 6.62. The zero-order valence-electron chi connectivity index (χ0n) is 9.83. The summed E-state index contributed by atoms with van der Waals surface area (Å²) in [5, 5.41) is 9.19. The van der Waals surface area contributed by atoms with Crippen LogP contribution in [0.2, 0.25) is 0 Å². The summed E-state index contributed by atoms with van der Waals surface area (Å²) in [6.45, 7) is 2.94. The molecule has 1 aliphatic rings. The highest BCUT2D eigenvalue weighted by Gasteiger charge is 2.31. The average molecular weight is 255 g/mol. The van der Waals surface area contributed by atoms with Crippen molar-refractivity contribution < 1.29 is 13.5 Å². The molecule has 1 aliphatic heterocycles. The molecule has 0 spiro atoms. The van der Waals surface area contributed by atoms with E-state index in [2.05, 4.69) is 0 Å². The number of sulfonamides is 1. The Morgan fingerprint density at radius 2 is 2.12 bits per heavy atom. The van der Waals surface area contributed by atoms with E-state index in [0.29, 0.717) is 24.6 Å². The van der Waals surface area contributed by atoms with Gasteiger partial charge in [0.05, 0.1) is 11.5 Å². The molecule has 0 saturated carbocycles. The molecule has 4 nitrogen and oxygen atoms in total. The van der Waals surface area contributed by atoms with Gasteiger partial charge in [-0.1, -0.05) is 25.1 Å². The summed E-state index contributed by atoms with van der Waals surface area (Å²) in [7, 11) is -3.44. The first-order valence-corrected chi connectivity index (χ1v) is 7.18. The van der Waals surface area contributed by atoms with E-state index in [0.717, 1.165) is 6.42 Å². The fourth-order valence-electron chi connectivity index (χ4n) is 2.14. The molecule has 0 bridgehead atoms. The fourth-order valence-corrected chi connectivity index (χ4v) is 3.93. The van der Waals surface area contributed by atoms with Crippen molar-refractivity contribution in [3.63, 3.8) is 0 Å². The topological polar surface area (TPSA) is 57.6 Å². The van der Waals surface area contributed by atoms with Gasteiger partial charge in [0.25, 0.3) is 0 Å². The minimum absolute atomic E-state index is 0.233. The Hall–Kier alpha value is -0.910. The molecule has 1 aromatic rings. The standard InChI is InChI=1S/C12H17NO3S/c1-10-6-7-13(8-10)17(15,16)12-5-3-2-4-11(12)9-14/h2-5,10,14H,6-9H2,1H3. The summed E-state index contributed by atoms with van der Waals surface area (Å²) < 4.78 is 26.3. The second-order valence-corrected chi connectivity index (χ2v) is 6.43. The number of hydrogen-bond donors (Lipinski definition) is 1. The molecule has 1 unspecified atom stereocenters. The molecule has 1 fully saturated rings. The lowest BCUT2D eigenvalue weighted by Crippen LogP contribution is -2.29. The van der Waals surface area contributed by atoms with Crippen LogP contribution in [0, 0.1) is 5.92 Å². The van der Waals surface area contributed by atoms with Crippen molar-refractivity contribution in [1.82, 2.24) is 4.31 Å². The molecule has 1 saturated heterocycles. The molecule has 1 N–H and O–H groups in total. The first-order valence-electron chi connectivity index (χ1n) is 5.74. The molecule has 5 heteroatoms. The van der Waals surface area contributed by atoms with Gasteiger partial charge in [-0.05, 0) is 24.0 Å². The van der Waals surface area contributed by atoms with Crippen LogP contribution in [0.1, 0.15) is 18.9 Å². The van der Waals surface area contributed by atoms with Crippen LogP contribution in [0.4, 0.5) is 0 Å². The number of aliphatic hydroxyl groups excluding tert-OH is 1. The summed E-state index contributed by atoms with van der Waals surface area (Å²) in [6.07, 6.45) is 0.903. The lowest BCUT2D eigenvalue weighted by Gasteiger charge is -2.17.